The van der Waals surface area contributed by atoms with Crippen LogP contribution in [0.2, 0.25) is 0 Å². The number of H-pyrrole nitrogens is 1. The van der Waals surface area contributed by atoms with E-state index in [0.717, 1.165) is 41.5 Å². The molecule has 1 aromatic heterocycles. The zero-order valence-corrected chi connectivity index (χ0v) is 13.3. The summed E-state index contributed by atoms with van der Waals surface area (Å²) in [6, 6.07) is 16.4. The fourth-order valence-corrected chi connectivity index (χ4v) is 2.95. The first-order valence-corrected chi connectivity index (χ1v) is 8.26. The van der Waals surface area contributed by atoms with E-state index in [0.29, 0.717) is 23.9 Å². The average Bonchev–Trinajstić information content (AvgIpc) is 3.35. The van der Waals surface area contributed by atoms with Gasteiger partial charge in [0.2, 0.25) is 5.82 Å². The number of carbonyl (C=O) groups excluding carboxylic acids is 1. The Bertz CT molecular complexity index is 839. The molecule has 0 aliphatic heterocycles. The predicted molar refractivity (Wildman–Crippen MR) is 91.1 cm³/mol. The highest BCUT2D eigenvalue weighted by Gasteiger charge is 2.28. The fraction of sp³-hybridized carbons (Fsp3) is 0.263. The number of nitrogens with one attached hydrogen (secondary N) is 1. The Hall–Kier alpha value is -2.82. The molecule has 0 amide bonds. The molecule has 2 aromatic carbocycles. The van der Waals surface area contributed by atoms with E-state index in [2.05, 4.69) is 51.0 Å². The van der Waals surface area contributed by atoms with E-state index in [1.54, 1.807) is 0 Å². The molecule has 0 bridgehead atoms. The fourth-order valence-electron chi connectivity index (χ4n) is 2.95. The summed E-state index contributed by atoms with van der Waals surface area (Å²) in [5.74, 6) is 1.29. The van der Waals surface area contributed by atoms with Crippen molar-refractivity contribution in [1.29, 1.82) is 0 Å². The topological polar surface area (TPSA) is 71.5 Å². The molecule has 0 unspecified atom stereocenters. The summed E-state index contributed by atoms with van der Waals surface area (Å²) in [4.78, 5) is 11.9. The normalized spacial score (nSPS) is 13.8. The minimum atomic E-state index is 0.324. The molecule has 5 heteroatoms. The highest BCUT2D eigenvalue weighted by molar-refractivity contribution is 5.84. The van der Waals surface area contributed by atoms with Crippen molar-refractivity contribution in [3.05, 3.63) is 54.1 Å². The van der Waals surface area contributed by atoms with Gasteiger partial charge < -0.3 is 0 Å². The van der Waals surface area contributed by atoms with Crippen molar-refractivity contribution in [2.75, 3.05) is 0 Å². The van der Waals surface area contributed by atoms with Crippen molar-refractivity contribution in [1.82, 2.24) is 20.6 Å². The molecule has 0 saturated heterocycles. The number of carbonyl (C=O) groups is 1. The second-order valence-electron chi connectivity index (χ2n) is 6.22. The van der Waals surface area contributed by atoms with Gasteiger partial charge in [0.1, 0.15) is 5.78 Å². The lowest BCUT2D eigenvalue weighted by Crippen LogP contribution is -2.02. The highest BCUT2D eigenvalue weighted by atomic mass is 16.1. The molecule has 0 spiro atoms. The molecule has 1 heterocycles. The summed E-state index contributed by atoms with van der Waals surface area (Å²) < 4.78 is 0. The van der Waals surface area contributed by atoms with Gasteiger partial charge in [-0.1, -0.05) is 42.5 Å². The van der Waals surface area contributed by atoms with Crippen molar-refractivity contribution in [3.8, 4) is 22.5 Å². The molecule has 1 aliphatic carbocycles. The number of aromatic amines is 1. The molecular formula is C19H18N4O. The van der Waals surface area contributed by atoms with Crippen LogP contribution < -0.4 is 0 Å². The third-order valence-electron chi connectivity index (χ3n) is 4.45. The van der Waals surface area contributed by atoms with Crippen molar-refractivity contribution in [2.45, 2.75) is 25.7 Å². The Labute approximate surface area is 140 Å². The van der Waals surface area contributed by atoms with Crippen LogP contribution in [0.3, 0.4) is 0 Å². The number of aryl methyl sites for hydroxylation is 1. The first kappa shape index (κ1) is 14.8. The molecule has 4 rings (SSSR count). The Morgan fingerprint density at radius 1 is 1.08 bits per heavy atom. The van der Waals surface area contributed by atoms with Crippen LogP contribution in [0.4, 0.5) is 0 Å². The Morgan fingerprint density at radius 3 is 2.62 bits per heavy atom. The number of benzene rings is 2. The molecule has 1 saturated carbocycles. The third-order valence-corrected chi connectivity index (χ3v) is 4.45. The Kier molecular flexibility index (Phi) is 3.91. The van der Waals surface area contributed by atoms with Crippen LogP contribution in [-0.4, -0.2) is 26.4 Å². The quantitative estimate of drug-likeness (QED) is 0.755. The molecule has 5 nitrogen and oxygen atoms in total. The summed E-state index contributed by atoms with van der Waals surface area (Å²) in [7, 11) is 0. The van der Waals surface area contributed by atoms with Gasteiger partial charge in [0.05, 0.1) is 0 Å². The van der Waals surface area contributed by atoms with Crippen LogP contribution in [-0.2, 0) is 11.2 Å². The van der Waals surface area contributed by atoms with E-state index in [1.165, 1.54) is 0 Å². The molecule has 1 N–H and O–H groups in total. The largest absolute Gasteiger partial charge is 0.299 e. The number of Topliss-reactive ketones (excluding diaryl/α,β-unsaturated/α-hetero) is 1. The van der Waals surface area contributed by atoms with Crippen LogP contribution >= 0.6 is 0 Å². The zero-order valence-electron chi connectivity index (χ0n) is 13.3. The molecule has 120 valence electrons. The van der Waals surface area contributed by atoms with E-state index in [-0.39, 0.29) is 0 Å². The number of ketones is 1. The maximum absolute atomic E-state index is 11.9. The van der Waals surface area contributed by atoms with E-state index in [1.807, 2.05) is 18.2 Å². The summed E-state index contributed by atoms with van der Waals surface area (Å²) >= 11 is 0. The van der Waals surface area contributed by atoms with Crippen LogP contribution in [0.15, 0.2) is 48.5 Å². The Morgan fingerprint density at radius 2 is 1.92 bits per heavy atom. The summed E-state index contributed by atoms with van der Waals surface area (Å²) in [5.41, 5.74) is 4.24. The summed E-state index contributed by atoms with van der Waals surface area (Å²) in [5, 5.41) is 14.5. The minimum Gasteiger partial charge on any atom is -0.299 e. The summed E-state index contributed by atoms with van der Waals surface area (Å²) in [6.45, 7) is 0. The van der Waals surface area contributed by atoms with Gasteiger partial charge >= 0.3 is 0 Å². The number of aromatic nitrogens is 4. The number of hydrogen-bond acceptors (Lipinski definition) is 4. The molecule has 3 aromatic rings. The highest BCUT2D eigenvalue weighted by Crippen LogP contribution is 2.33. The van der Waals surface area contributed by atoms with E-state index >= 15 is 0 Å². The van der Waals surface area contributed by atoms with Gasteiger partial charge in [0.25, 0.3) is 0 Å². The SMILES string of the molecule is O=C(CCc1ccc(-c2ccccc2)c(-c2nn[nH]n2)c1)C1CC1. The van der Waals surface area contributed by atoms with Crippen molar-refractivity contribution >= 4 is 5.78 Å². The zero-order chi connectivity index (χ0) is 16.4. The first-order valence-electron chi connectivity index (χ1n) is 8.26. The second-order valence-corrected chi connectivity index (χ2v) is 6.22. The summed E-state index contributed by atoms with van der Waals surface area (Å²) in [6.07, 6.45) is 3.51. The lowest BCUT2D eigenvalue weighted by Gasteiger charge is -2.10. The van der Waals surface area contributed by atoms with E-state index in [4.69, 9.17) is 0 Å². The number of hydrogen-bond donors (Lipinski definition) is 1. The van der Waals surface area contributed by atoms with Crippen LogP contribution in [0.5, 0.6) is 0 Å². The van der Waals surface area contributed by atoms with E-state index in [9.17, 15) is 4.79 Å². The van der Waals surface area contributed by atoms with Gasteiger partial charge in [0.15, 0.2) is 0 Å². The van der Waals surface area contributed by atoms with Crippen molar-refractivity contribution in [3.63, 3.8) is 0 Å². The third kappa shape index (κ3) is 3.11. The van der Waals surface area contributed by atoms with Gasteiger partial charge in [-0.05, 0) is 47.2 Å². The van der Waals surface area contributed by atoms with Crippen molar-refractivity contribution < 1.29 is 4.79 Å². The lowest BCUT2D eigenvalue weighted by molar-refractivity contribution is -0.120. The van der Waals surface area contributed by atoms with Crippen LogP contribution in [0.1, 0.15) is 24.8 Å². The van der Waals surface area contributed by atoms with Crippen LogP contribution in [0, 0.1) is 5.92 Å². The monoisotopic (exact) mass is 318 g/mol. The Balaban J connectivity index is 1.66. The van der Waals surface area contributed by atoms with Gasteiger partial charge in [-0.2, -0.15) is 5.21 Å². The van der Waals surface area contributed by atoms with Crippen LogP contribution in [0.25, 0.3) is 22.5 Å². The van der Waals surface area contributed by atoms with Crippen molar-refractivity contribution in [2.24, 2.45) is 5.92 Å². The molecule has 1 aliphatic rings. The lowest BCUT2D eigenvalue weighted by atomic mass is 9.95. The molecule has 1 fully saturated rings. The maximum Gasteiger partial charge on any atom is 0.205 e. The standard InChI is InChI=1S/C19H18N4O/c24-18(15-8-9-15)11-7-13-6-10-16(14-4-2-1-3-5-14)17(12-13)19-20-22-23-21-19/h1-6,10,12,15H,7-9,11H2,(H,20,21,22,23). The minimum absolute atomic E-state index is 0.324. The second kappa shape index (κ2) is 6.35. The predicted octanol–water partition coefficient (Wildman–Crippen LogP) is 3.45. The van der Waals surface area contributed by atoms with E-state index < -0.39 is 0 Å². The number of tetrazole rings is 1. The van der Waals surface area contributed by atoms with Gasteiger partial charge in [-0.25, -0.2) is 0 Å². The maximum atomic E-state index is 11.9. The van der Waals surface area contributed by atoms with Gasteiger partial charge in [0, 0.05) is 17.9 Å². The number of rotatable bonds is 6. The molecular weight excluding hydrogens is 300 g/mol. The average molecular weight is 318 g/mol. The molecule has 0 radical (unpaired) electrons. The molecule has 24 heavy (non-hydrogen) atoms. The number of nitrogens with zero attached hydrogens (tertiary/aromatic N) is 3. The smallest absolute Gasteiger partial charge is 0.205 e. The van der Waals surface area contributed by atoms with Gasteiger partial charge in [-0.3, -0.25) is 4.79 Å². The molecule has 0 atom stereocenters. The first-order chi connectivity index (χ1) is 11.8. The van der Waals surface area contributed by atoms with Gasteiger partial charge in [-0.15, -0.1) is 10.2 Å².